The highest BCUT2D eigenvalue weighted by molar-refractivity contribution is 6.07. The molecule has 8 heteroatoms. The number of hydrogen-bond donors (Lipinski definition) is 1. The number of rotatable bonds is 4. The molecule has 2 aliphatic rings. The van der Waals surface area contributed by atoms with Gasteiger partial charge < -0.3 is 24.4 Å². The lowest BCUT2D eigenvalue weighted by Crippen LogP contribution is -2.37. The SMILES string of the molecule is COc1cc2c(N3CCC4(C3)C(=O)Nc3ccccc34)ncnc2c(OC)c1OC. The van der Waals surface area contributed by atoms with E-state index in [-0.39, 0.29) is 5.91 Å². The first-order chi connectivity index (χ1) is 14.6. The van der Waals surface area contributed by atoms with Crippen molar-refractivity contribution < 1.29 is 19.0 Å². The molecule has 3 aromatic rings. The first-order valence-corrected chi connectivity index (χ1v) is 9.72. The number of benzene rings is 2. The van der Waals surface area contributed by atoms with E-state index >= 15 is 0 Å². The van der Waals surface area contributed by atoms with Crippen LogP contribution in [0, 0.1) is 0 Å². The average Bonchev–Trinajstić information content (AvgIpc) is 3.34. The molecule has 1 fully saturated rings. The Morgan fingerprint density at radius 2 is 1.87 bits per heavy atom. The van der Waals surface area contributed by atoms with E-state index in [1.54, 1.807) is 21.3 Å². The second kappa shape index (κ2) is 6.76. The quantitative estimate of drug-likeness (QED) is 0.713. The van der Waals surface area contributed by atoms with Crippen LogP contribution in [0.4, 0.5) is 11.5 Å². The highest BCUT2D eigenvalue weighted by Crippen LogP contribution is 2.48. The fourth-order valence-corrected chi connectivity index (χ4v) is 4.67. The van der Waals surface area contributed by atoms with E-state index in [2.05, 4.69) is 20.2 Å². The molecule has 2 aromatic carbocycles. The Labute approximate surface area is 173 Å². The Morgan fingerprint density at radius 3 is 2.63 bits per heavy atom. The zero-order chi connectivity index (χ0) is 20.9. The van der Waals surface area contributed by atoms with Crippen molar-refractivity contribution in [1.82, 2.24) is 9.97 Å². The Kier molecular flexibility index (Phi) is 4.16. The van der Waals surface area contributed by atoms with Crippen molar-refractivity contribution in [3.63, 3.8) is 0 Å². The van der Waals surface area contributed by atoms with Crippen LogP contribution in [0.5, 0.6) is 17.2 Å². The minimum atomic E-state index is -0.575. The number of carbonyl (C=O) groups is 1. The van der Waals surface area contributed by atoms with Crippen molar-refractivity contribution in [3.05, 3.63) is 42.2 Å². The fourth-order valence-electron chi connectivity index (χ4n) is 4.67. The number of ether oxygens (including phenoxy) is 3. The molecule has 0 aliphatic carbocycles. The van der Waals surface area contributed by atoms with Crippen LogP contribution in [-0.2, 0) is 10.2 Å². The van der Waals surface area contributed by atoms with Crippen molar-refractivity contribution in [2.45, 2.75) is 11.8 Å². The average molecular weight is 406 g/mol. The third kappa shape index (κ3) is 2.43. The number of aromatic nitrogens is 2. The fraction of sp³-hybridized carbons (Fsp3) is 0.318. The predicted octanol–water partition coefficient (Wildman–Crippen LogP) is 2.76. The molecule has 0 bridgehead atoms. The molecule has 154 valence electrons. The molecule has 0 saturated carbocycles. The van der Waals surface area contributed by atoms with Gasteiger partial charge in [-0.15, -0.1) is 0 Å². The lowest BCUT2D eigenvalue weighted by Gasteiger charge is -2.24. The summed E-state index contributed by atoms with van der Waals surface area (Å²) in [5, 5.41) is 3.82. The molecule has 2 aliphatic heterocycles. The van der Waals surface area contributed by atoms with E-state index in [0.717, 1.165) is 22.5 Å². The number of nitrogens with one attached hydrogen (secondary N) is 1. The smallest absolute Gasteiger partial charge is 0.236 e. The molecule has 1 aromatic heterocycles. The number of carbonyl (C=O) groups excluding carboxylic acids is 1. The first-order valence-electron chi connectivity index (χ1n) is 9.72. The summed E-state index contributed by atoms with van der Waals surface area (Å²) in [5.41, 5.74) is 2.00. The van der Waals surface area contributed by atoms with E-state index in [1.165, 1.54) is 6.33 Å². The van der Waals surface area contributed by atoms with Crippen LogP contribution in [0.25, 0.3) is 10.9 Å². The topological polar surface area (TPSA) is 85.8 Å². The van der Waals surface area contributed by atoms with Crippen LogP contribution in [-0.4, -0.2) is 50.3 Å². The number of hydrogen-bond acceptors (Lipinski definition) is 7. The van der Waals surface area contributed by atoms with Gasteiger partial charge in [0.2, 0.25) is 11.7 Å². The van der Waals surface area contributed by atoms with Gasteiger partial charge in [0, 0.05) is 18.8 Å². The number of nitrogens with zero attached hydrogens (tertiary/aromatic N) is 3. The minimum absolute atomic E-state index is 0.0430. The lowest BCUT2D eigenvalue weighted by atomic mass is 9.81. The number of methoxy groups -OCH3 is 3. The van der Waals surface area contributed by atoms with Crippen LogP contribution < -0.4 is 24.4 Å². The molecule has 1 amide bonds. The van der Waals surface area contributed by atoms with E-state index in [4.69, 9.17) is 14.2 Å². The Morgan fingerprint density at radius 1 is 1.07 bits per heavy atom. The summed E-state index contributed by atoms with van der Waals surface area (Å²) in [6, 6.07) is 9.76. The van der Waals surface area contributed by atoms with Gasteiger partial charge in [-0.2, -0.15) is 0 Å². The third-order valence-electron chi connectivity index (χ3n) is 6.11. The van der Waals surface area contributed by atoms with Crippen molar-refractivity contribution in [2.75, 3.05) is 44.6 Å². The van der Waals surface area contributed by atoms with Gasteiger partial charge in [0.15, 0.2) is 11.5 Å². The van der Waals surface area contributed by atoms with Crippen molar-refractivity contribution in [3.8, 4) is 17.2 Å². The molecule has 30 heavy (non-hydrogen) atoms. The van der Waals surface area contributed by atoms with E-state index in [9.17, 15) is 4.79 Å². The van der Waals surface area contributed by atoms with Crippen LogP contribution in [0.1, 0.15) is 12.0 Å². The molecule has 8 nitrogen and oxygen atoms in total. The van der Waals surface area contributed by atoms with Crippen LogP contribution in [0.15, 0.2) is 36.7 Å². The van der Waals surface area contributed by atoms with Crippen molar-refractivity contribution in [1.29, 1.82) is 0 Å². The summed E-state index contributed by atoms with van der Waals surface area (Å²) in [6.45, 7) is 1.24. The molecular weight excluding hydrogens is 384 g/mol. The number of anilines is 2. The monoisotopic (exact) mass is 406 g/mol. The minimum Gasteiger partial charge on any atom is -0.493 e. The van der Waals surface area contributed by atoms with Gasteiger partial charge in [-0.3, -0.25) is 4.79 Å². The third-order valence-corrected chi connectivity index (χ3v) is 6.11. The molecule has 1 atom stereocenters. The van der Waals surface area contributed by atoms with Gasteiger partial charge in [-0.05, 0) is 24.1 Å². The summed E-state index contributed by atoms with van der Waals surface area (Å²) in [7, 11) is 4.72. The largest absolute Gasteiger partial charge is 0.493 e. The van der Waals surface area contributed by atoms with Gasteiger partial charge in [-0.1, -0.05) is 18.2 Å². The summed E-state index contributed by atoms with van der Waals surface area (Å²) in [6.07, 6.45) is 2.23. The normalized spacial score (nSPS) is 19.8. The van der Waals surface area contributed by atoms with E-state index < -0.39 is 5.41 Å². The van der Waals surface area contributed by atoms with Crippen LogP contribution in [0.3, 0.4) is 0 Å². The zero-order valence-electron chi connectivity index (χ0n) is 17.1. The van der Waals surface area contributed by atoms with Crippen LogP contribution in [0.2, 0.25) is 0 Å². The molecular formula is C22H22N4O4. The predicted molar refractivity (Wildman–Crippen MR) is 113 cm³/mol. The second-order valence-electron chi connectivity index (χ2n) is 7.49. The number of fused-ring (bicyclic) bond motifs is 3. The molecule has 5 rings (SSSR count). The van der Waals surface area contributed by atoms with E-state index in [1.807, 2.05) is 30.3 Å². The van der Waals surface area contributed by atoms with Gasteiger partial charge in [0.1, 0.15) is 17.7 Å². The van der Waals surface area contributed by atoms with Gasteiger partial charge in [0.05, 0.1) is 32.1 Å². The first kappa shape index (κ1) is 18.5. The maximum Gasteiger partial charge on any atom is 0.236 e. The van der Waals surface area contributed by atoms with Crippen molar-refractivity contribution >= 4 is 28.3 Å². The van der Waals surface area contributed by atoms with Gasteiger partial charge in [-0.25, -0.2) is 9.97 Å². The van der Waals surface area contributed by atoms with Gasteiger partial charge in [0.25, 0.3) is 0 Å². The Hall–Kier alpha value is -3.55. The summed E-state index contributed by atoms with van der Waals surface area (Å²) >= 11 is 0. The Bertz CT molecular complexity index is 1170. The molecule has 1 N–H and O–H groups in total. The van der Waals surface area contributed by atoms with Gasteiger partial charge >= 0.3 is 0 Å². The van der Waals surface area contributed by atoms with Crippen molar-refractivity contribution in [2.24, 2.45) is 0 Å². The summed E-state index contributed by atoms with van der Waals surface area (Å²) < 4.78 is 16.6. The molecule has 0 radical (unpaired) electrons. The second-order valence-corrected chi connectivity index (χ2v) is 7.49. The molecule has 3 heterocycles. The maximum atomic E-state index is 13.0. The number of para-hydroxylation sites is 1. The van der Waals surface area contributed by atoms with Crippen LogP contribution >= 0.6 is 0 Å². The zero-order valence-corrected chi connectivity index (χ0v) is 17.1. The summed E-state index contributed by atoms with van der Waals surface area (Å²) in [5.74, 6) is 2.30. The number of amides is 1. The lowest BCUT2D eigenvalue weighted by molar-refractivity contribution is -0.120. The maximum absolute atomic E-state index is 13.0. The highest BCUT2D eigenvalue weighted by Gasteiger charge is 2.51. The molecule has 1 spiro atoms. The standard InChI is InChI=1S/C22H22N4O4/c1-28-16-10-13-17(19(30-3)18(16)29-2)23-12-24-20(13)26-9-8-22(11-26)14-6-4-5-7-15(14)25-21(22)27/h4-7,10,12H,8-9,11H2,1-3H3,(H,25,27). The Balaban J connectivity index is 1.63. The molecule has 1 saturated heterocycles. The molecule has 1 unspecified atom stereocenters. The van der Waals surface area contributed by atoms with E-state index in [0.29, 0.717) is 42.3 Å². The summed E-state index contributed by atoms with van der Waals surface area (Å²) in [4.78, 5) is 24.1. The highest BCUT2D eigenvalue weighted by atomic mass is 16.5.